The van der Waals surface area contributed by atoms with Crippen molar-refractivity contribution >= 4 is 52.7 Å². The number of allylic oxidation sites excluding steroid dienone is 8. The maximum absolute atomic E-state index is 13.2. The van der Waals surface area contributed by atoms with Gasteiger partial charge in [0.2, 0.25) is 11.8 Å². The third-order valence-electron chi connectivity index (χ3n) is 8.84. The van der Waals surface area contributed by atoms with Crippen molar-refractivity contribution in [1.29, 1.82) is 0 Å². The highest BCUT2D eigenvalue weighted by Gasteiger charge is 2.24. The Labute approximate surface area is 318 Å². The first-order valence-corrected chi connectivity index (χ1v) is 17.7. The summed E-state index contributed by atoms with van der Waals surface area (Å²) in [5.41, 5.74) is 1.18. The number of hydrogen-bond acceptors (Lipinski definition) is 10. The Morgan fingerprint density at radius 3 is 1.24 bits per heavy atom. The van der Waals surface area contributed by atoms with Crippen LogP contribution in [0.25, 0.3) is 0 Å². The van der Waals surface area contributed by atoms with Gasteiger partial charge in [0.15, 0.2) is 11.6 Å². The molecule has 0 radical (unpaired) electrons. The van der Waals surface area contributed by atoms with Crippen LogP contribution in [-0.2, 0) is 24.0 Å². The summed E-state index contributed by atoms with van der Waals surface area (Å²) in [6.45, 7) is -2.48. The Morgan fingerprint density at radius 2 is 0.873 bits per heavy atom. The molecule has 5 N–H and O–H groups in total. The number of carboxylic acids is 3. The molecular formula is C40H45N5O10. The SMILES string of the molecule is O=C(O)CN(CCN(CC(=O)O)CC(=O)Nc1ccccc1C(=O)C1C=CC=CC1)CCN(CC(=O)O)CC(=O)Nc1ccccc1C(=O)C1C=CC=CC1. The molecule has 0 bridgehead atoms. The van der Waals surface area contributed by atoms with Gasteiger partial charge in [-0.25, -0.2) is 0 Å². The molecule has 2 aliphatic carbocycles. The Morgan fingerprint density at radius 1 is 0.509 bits per heavy atom. The van der Waals surface area contributed by atoms with E-state index in [2.05, 4.69) is 10.6 Å². The number of hydrogen-bond donors (Lipinski definition) is 5. The van der Waals surface area contributed by atoms with Crippen LogP contribution in [0.5, 0.6) is 0 Å². The molecule has 2 aromatic rings. The maximum Gasteiger partial charge on any atom is 0.317 e. The van der Waals surface area contributed by atoms with Crippen LogP contribution in [0.3, 0.4) is 0 Å². The summed E-state index contributed by atoms with van der Waals surface area (Å²) in [4.78, 5) is 91.9. The molecule has 0 aliphatic heterocycles. The number of para-hydroxylation sites is 2. The van der Waals surface area contributed by atoms with Crippen LogP contribution in [0, 0.1) is 11.8 Å². The van der Waals surface area contributed by atoms with Gasteiger partial charge in [-0.2, -0.15) is 0 Å². The molecule has 55 heavy (non-hydrogen) atoms. The van der Waals surface area contributed by atoms with E-state index in [1.165, 1.54) is 14.7 Å². The van der Waals surface area contributed by atoms with E-state index in [-0.39, 0.29) is 74.0 Å². The van der Waals surface area contributed by atoms with Gasteiger partial charge in [-0.05, 0) is 37.1 Å². The average molecular weight is 756 g/mol. The van der Waals surface area contributed by atoms with Gasteiger partial charge in [0.25, 0.3) is 0 Å². The number of carbonyl (C=O) groups is 7. The minimum absolute atomic E-state index is 0.0170. The first-order valence-electron chi connectivity index (χ1n) is 17.7. The summed E-state index contributed by atoms with van der Waals surface area (Å²) < 4.78 is 0. The standard InChI is InChI=1S/C40H45N5O10/c46-34(41-32-17-9-7-15-30(32)39(54)28-11-3-1-4-12-28)23-44(26-37(50)51)21-19-43(25-36(48)49)20-22-45(27-38(52)53)24-35(47)42-33-18-10-8-16-31(33)40(55)29-13-5-2-6-14-29/h1-11,13,15-18,28-29H,12,14,19-27H2,(H,41,46)(H,42,47)(H,48,49)(H,50,51)(H,52,53). The fourth-order valence-electron chi connectivity index (χ4n) is 6.19. The van der Waals surface area contributed by atoms with Crippen molar-refractivity contribution < 1.29 is 48.9 Å². The molecule has 290 valence electrons. The number of benzene rings is 2. The zero-order chi connectivity index (χ0) is 39.7. The van der Waals surface area contributed by atoms with E-state index in [1.54, 1.807) is 72.8 Å². The minimum Gasteiger partial charge on any atom is -0.480 e. The summed E-state index contributed by atoms with van der Waals surface area (Å²) in [7, 11) is 0. The number of carbonyl (C=O) groups excluding carboxylic acids is 4. The highest BCUT2D eigenvalue weighted by Crippen LogP contribution is 2.25. The molecule has 0 aromatic heterocycles. The Hall–Kier alpha value is -6.03. The van der Waals surface area contributed by atoms with E-state index in [1.807, 2.05) is 24.3 Å². The number of nitrogens with one attached hydrogen (secondary N) is 2. The molecule has 2 aliphatic rings. The molecule has 0 spiro atoms. The van der Waals surface area contributed by atoms with E-state index in [0.717, 1.165) is 0 Å². The molecule has 0 saturated carbocycles. The van der Waals surface area contributed by atoms with E-state index in [4.69, 9.17) is 0 Å². The van der Waals surface area contributed by atoms with Crippen LogP contribution in [0.15, 0.2) is 97.1 Å². The van der Waals surface area contributed by atoms with Crippen LogP contribution in [0.2, 0.25) is 0 Å². The molecule has 4 rings (SSSR count). The number of Topliss-reactive ketones (excluding diaryl/α,β-unsaturated/α-hetero) is 2. The van der Waals surface area contributed by atoms with Gasteiger partial charge < -0.3 is 26.0 Å². The quantitative estimate of drug-likeness (QED) is 0.110. The van der Waals surface area contributed by atoms with E-state index >= 15 is 0 Å². The van der Waals surface area contributed by atoms with Gasteiger partial charge in [0.05, 0.1) is 44.1 Å². The molecule has 0 fully saturated rings. The third-order valence-corrected chi connectivity index (χ3v) is 8.84. The second-order valence-corrected chi connectivity index (χ2v) is 13.1. The highest BCUT2D eigenvalue weighted by molar-refractivity contribution is 6.08. The van der Waals surface area contributed by atoms with Gasteiger partial charge >= 0.3 is 17.9 Å². The van der Waals surface area contributed by atoms with Crippen molar-refractivity contribution in [3.63, 3.8) is 0 Å². The zero-order valence-corrected chi connectivity index (χ0v) is 30.2. The van der Waals surface area contributed by atoms with Crippen LogP contribution in [-0.4, -0.2) is 130 Å². The van der Waals surface area contributed by atoms with Crippen LogP contribution in [0.1, 0.15) is 33.6 Å². The first-order chi connectivity index (χ1) is 26.4. The topological polar surface area (TPSA) is 214 Å². The highest BCUT2D eigenvalue weighted by atomic mass is 16.4. The Kier molecular flexibility index (Phi) is 15.9. The van der Waals surface area contributed by atoms with Crippen molar-refractivity contribution in [3.05, 3.63) is 108 Å². The van der Waals surface area contributed by atoms with Crippen molar-refractivity contribution in [3.8, 4) is 0 Å². The second kappa shape index (κ2) is 21.0. The lowest BCUT2D eigenvalue weighted by Gasteiger charge is -2.28. The van der Waals surface area contributed by atoms with Crippen molar-refractivity contribution in [2.75, 3.05) is 69.5 Å². The fraction of sp³-hybridized carbons (Fsp3) is 0.325. The molecule has 2 aromatic carbocycles. The second-order valence-electron chi connectivity index (χ2n) is 13.1. The summed E-state index contributed by atoms with van der Waals surface area (Å²) in [6, 6.07) is 13.1. The third kappa shape index (κ3) is 13.7. The molecule has 15 nitrogen and oxygen atoms in total. The molecule has 0 saturated heterocycles. The number of aliphatic carboxylic acids is 3. The van der Waals surface area contributed by atoms with Gasteiger partial charge in [0, 0.05) is 49.1 Å². The van der Waals surface area contributed by atoms with Crippen molar-refractivity contribution in [2.24, 2.45) is 11.8 Å². The molecule has 2 atom stereocenters. The molecule has 2 amide bonds. The van der Waals surface area contributed by atoms with Gasteiger partial charge in [-0.15, -0.1) is 0 Å². The summed E-state index contributed by atoms with van der Waals surface area (Å²) in [6.07, 6.45) is 15.6. The van der Waals surface area contributed by atoms with E-state index in [9.17, 15) is 48.9 Å². The first kappa shape index (κ1) is 41.7. The number of amides is 2. The normalized spacial score (nSPS) is 16.0. The number of nitrogens with zero attached hydrogens (tertiary/aromatic N) is 3. The lowest BCUT2D eigenvalue weighted by atomic mass is 9.91. The minimum atomic E-state index is -1.22. The van der Waals surface area contributed by atoms with E-state index in [0.29, 0.717) is 24.0 Å². The molecular weight excluding hydrogens is 710 g/mol. The van der Waals surface area contributed by atoms with Crippen molar-refractivity contribution in [1.82, 2.24) is 14.7 Å². The number of anilines is 2. The lowest BCUT2D eigenvalue weighted by Crippen LogP contribution is -2.46. The van der Waals surface area contributed by atoms with Gasteiger partial charge in [-0.1, -0.05) is 72.9 Å². The van der Waals surface area contributed by atoms with Crippen molar-refractivity contribution in [2.45, 2.75) is 12.8 Å². The number of ketones is 2. The predicted molar refractivity (Wildman–Crippen MR) is 204 cm³/mol. The van der Waals surface area contributed by atoms with Gasteiger partial charge in [0.1, 0.15) is 0 Å². The zero-order valence-electron chi connectivity index (χ0n) is 30.2. The maximum atomic E-state index is 13.2. The van der Waals surface area contributed by atoms with E-state index < -0.39 is 49.4 Å². The molecule has 2 unspecified atom stereocenters. The van der Waals surface area contributed by atoms with Gasteiger partial charge in [-0.3, -0.25) is 48.3 Å². The van der Waals surface area contributed by atoms with Crippen LogP contribution >= 0.6 is 0 Å². The molecule has 0 heterocycles. The number of carboxylic acid groups (broad SMARTS) is 3. The lowest BCUT2D eigenvalue weighted by molar-refractivity contribution is -0.140. The smallest absolute Gasteiger partial charge is 0.317 e. The Bertz CT molecular complexity index is 1740. The largest absolute Gasteiger partial charge is 0.480 e. The monoisotopic (exact) mass is 755 g/mol. The summed E-state index contributed by atoms with van der Waals surface area (Å²) >= 11 is 0. The summed E-state index contributed by atoms with van der Waals surface area (Å²) in [5.74, 6) is -5.94. The fourth-order valence-corrected chi connectivity index (χ4v) is 6.19. The Balaban J connectivity index is 1.37. The summed E-state index contributed by atoms with van der Waals surface area (Å²) in [5, 5.41) is 34.1. The van der Waals surface area contributed by atoms with Crippen LogP contribution < -0.4 is 10.6 Å². The molecule has 15 heteroatoms. The number of rotatable bonds is 22. The van der Waals surface area contributed by atoms with Crippen LogP contribution in [0.4, 0.5) is 11.4 Å². The average Bonchev–Trinajstić information content (AvgIpc) is 3.15. The predicted octanol–water partition coefficient (Wildman–Crippen LogP) is 3.05.